The third kappa shape index (κ3) is 3.04. The van der Waals surface area contributed by atoms with E-state index < -0.39 is 0 Å². The molecule has 28 heavy (non-hydrogen) atoms. The number of rotatable bonds is 4. The van der Waals surface area contributed by atoms with Crippen LogP contribution in [0.1, 0.15) is 33.1 Å². The summed E-state index contributed by atoms with van der Waals surface area (Å²) in [5.74, 6) is -0.0407. The average molecular weight is 388 g/mol. The Morgan fingerprint density at radius 3 is 2.93 bits per heavy atom. The van der Waals surface area contributed by atoms with Crippen molar-refractivity contribution in [3.05, 3.63) is 70.9 Å². The topological polar surface area (TPSA) is 72.1 Å². The molecule has 4 heterocycles. The fourth-order valence-electron chi connectivity index (χ4n) is 4.23. The van der Waals surface area contributed by atoms with Crippen LogP contribution in [-0.2, 0) is 6.54 Å². The lowest BCUT2D eigenvalue weighted by Gasteiger charge is -2.17. The van der Waals surface area contributed by atoms with E-state index in [0.717, 1.165) is 47.4 Å². The van der Waals surface area contributed by atoms with E-state index in [1.165, 1.54) is 22.3 Å². The minimum Gasteiger partial charge on any atom is -0.365 e. The lowest BCUT2D eigenvalue weighted by molar-refractivity contribution is 0.100. The second-order valence-corrected chi connectivity index (χ2v) is 8.32. The number of fused-ring (bicyclic) bond motifs is 2. The predicted octanol–water partition coefficient (Wildman–Crippen LogP) is 3.93. The number of carbonyl (C=O) groups excluding carboxylic acids is 1. The number of thiophene rings is 1. The second-order valence-electron chi connectivity index (χ2n) is 7.32. The SMILES string of the molecule is NC(=O)c1sc2ncccc2c1[C@H]1CCN(Cc2ccc3ncccc3c2)C1. The van der Waals surface area contributed by atoms with E-state index in [9.17, 15) is 4.79 Å². The molecule has 1 atom stereocenters. The molecule has 6 heteroatoms. The fraction of sp³-hybridized carbons (Fsp3) is 0.227. The highest BCUT2D eigenvalue weighted by Gasteiger charge is 2.30. The molecule has 1 fully saturated rings. The third-order valence-corrected chi connectivity index (χ3v) is 6.63. The standard InChI is InChI=1S/C22H20N4OS/c23-21(27)20-19(17-4-2-9-25-22(17)28-20)16-7-10-26(13-16)12-14-5-6-18-15(11-14)3-1-8-24-18/h1-6,8-9,11,16H,7,10,12-13H2,(H2,23,27)/t16-/m0/s1. The van der Waals surface area contributed by atoms with E-state index in [-0.39, 0.29) is 5.91 Å². The predicted molar refractivity (Wildman–Crippen MR) is 113 cm³/mol. The van der Waals surface area contributed by atoms with Gasteiger partial charge in [-0.05, 0) is 48.4 Å². The highest BCUT2D eigenvalue weighted by molar-refractivity contribution is 7.20. The van der Waals surface area contributed by atoms with Crippen molar-refractivity contribution in [2.45, 2.75) is 18.9 Å². The quantitative estimate of drug-likeness (QED) is 0.575. The summed E-state index contributed by atoms with van der Waals surface area (Å²) < 4.78 is 0. The van der Waals surface area contributed by atoms with E-state index in [2.05, 4.69) is 45.2 Å². The van der Waals surface area contributed by atoms with Gasteiger partial charge in [-0.25, -0.2) is 4.98 Å². The normalized spacial score (nSPS) is 17.5. The first kappa shape index (κ1) is 17.3. The average Bonchev–Trinajstić information content (AvgIpc) is 3.32. The molecular weight excluding hydrogens is 368 g/mol. The van der Waals surface area contributed by atoms with Crippen molar-refractivity contribution in [2.24, 2.45) is 5.73 Å². The van der Waals surface area contributed by atoms with Gasteiger partial charge in [0.25, 0.3) is 5.91 Å². The second kappa shape index (κ2) is 6.96. The van der Waals surface area contributed by atoms with Crippen LogP contribution in [0.4, 0.5) is 0 Å². The first-order valence-electron chi connectivity index (χ1n) is 9.42. The first-order chi connectivity index (χ1) is 13.7. The minimum atomic E-state index is -0.349. The first-order valence-corrected chi connectivity index (χ1v) is 10.2. The van der Waals surface area contributed by atoms with Crippen LogP contribution < -0.4 is 5.73 Å². The Morgan fingerprint density at radius 1 is 1.18 bits per heavy atom. The molecule has 0 spiro atoms. The number of nitrogens with zero attached hydrogens (tertiary/aromatic N) is 3. The van der Waals surface area contributed by atoms with Crippen LogP contribution in [0.2, 0.25) is 0 Å². The minimum absolute atomic E-state index is 0.308. The summed E-state index contributed by atoms with van der Waals surface area (Å²) in [5, 5.41) is 2.24. The number of primary amides is 1. The Labute approximate surface area is 166 Å². The Balaban J connectivity index is 1.40. The van der Waals surface area contributed by atoms with Gasteiger partial charge in [-0.1, -0.05) is 18.2 Å². The van der Waals surface area contributed by atoms with Crippen LogP contribution in [0.3, 0.4) is 0 Å². The number of pyridine rings is 2. The highest BCUT2D eigenvalue weighted by Crippen LogP contribution is 2.39. The summed E-state index contributed by atoms with van der Waals surface area (Å²) in [5.41, 5.74) is 9.08. The van der Waals surface area contributed by atoms with Gasteiger partial charge in [0.15, 0.2) is 0 Å². The molecule has 1 saturated heterocycles. The van der Waals surface area contributed by atoms with Gasteiger partial charge in [0.1, 0.15) is 4.83 Å². The highest BCUT2D eigenvalue weighted by atomic mass is 32.1. The molecule has 1 aliphatic rings. The maximum Gasteiger partial charge on any atom is 0.259 e. The molecule has 140 valence electrons. The molecule has 0 unspecified atom stereocenters. The van der Waals surface area contributed by atoms with Gasteiger partial charge < -0.3 is 5.73 Å². The van der Waals surface area contributed by atoms with Gasteiger partial charge in [0.05, 0.1) is 10.4 Å². The van der Waals surface area contributed by atoms with Gasteiger partial charge in [0.2, 0.25) is 0 Å². The summed E-state index contributed by atoms with van der Waals surface area (Å²) in [6, 6.07) is 14.5. The number of likely N-dealkylation sites (tertiary alicyclic amines) is 1. The summed E-state index contributed by atoms with van der Waals surface area (Å²) in [7, 11) is 0. The Morgan fingerprint density at radius 2 is 2.04 bits per heavy atom. The molecule has 3 aromatic heterocycles. The zero-order chi connectivity index (χ0) is 19.1. The van der Waals surface area contributed by atoms with E-state index in [1.807, 2.05) is 18.3 Å². The number of amides is 1. The van der Waals surface area contributed by atoms with Crippen molar-refractivity contribution < 1.29 is 4.79 Å². The number of benzene rings is 1. The van der Waals surface area contributed by atoms with Gasteiger partial charge in [-0.2, -0.15) is 0 Å². The number of carbonyl (C=O) groups is 1. The van der Waals surface area contributed by atoms with Gasteiger partial charge >= 0.3 is 0 Å². The summed E-state index contributed by atoms with van der Waals surface area (Å²) >= 11 is 1.41. The molecule has 1 aromatic carbocycles. The molecule has 0 bridgehead atoms. The van der Waals surface area contributed by atoms with Crippen molar-refractivity contribution >= 4 is 38.4 Å². The van der Waals surface area contributed by atoms with Crippen LogP contribution in [0, 0.1) is 0 Å². The smallest absolute Gasteiger partial charge is 0.259 e. The molecule has 0 radical (unpaired) electrons. The van der Waals surface area contributed by atoms with Crippen molar-refractivity contribution in [1.82, 2.24) is 14.9 Å². The van der Waals surface area contributed by atoms with Gasteiger partial charge in [-0.15, -0.1) is 11.3 Å². The summed E-state index contributed by atoms with van der Waals surface area (Å²) in [6.07, 6.45) is 4.61. The molecule has 5 rings (SSSR count). The summed E-state index contributed by atoms with van der Waals surface area (Å²) in [6.45, 7) is 2.82. The van der Waals surface area contributed by atoms with Crippen LogP contribution in [-0.4, -0.2) is 33.9 Å². The fourth-order valence-corrected chi connectivity index (χ4v) is 5.31. The Hall–Kier alpha value is -2.83. The largest absolute Gasteiger partial charge is 0.365 e. The Bertz CT molecular complexity index is 1190. The number of aromatic nitrogens is 2. The number of hydrogen-bond acceptors (Lipinski definition) is 5. The van der Waals surface area contributed by atoms with E-state index in [4.69, 9.17) is 5.73 Å². The third-order valence-electron chi connectivity index (χ3n) is 5.48. The number of nitrogens with two attached hydrogens (primary N) is 1. The van der Waals surface area contributed by atoms with Crippen LogP contribution in [0.5, 0.6) is 0 Å². The molecule has 1 amide bonds. The maximum atomic E-state index is 12.0. The molecule has 0 saturated carbocycles. The lowest BCUT2D eigenvalue weighted by atomic mass is 9.95. The monoisotopic (exact) mass is 388 g/mol. The van der Waals surface area contributed by atoms with Crippen molar-refractivity contribution in [2.75, 3.05) is 13.1 Å². The van der Waals surface area contributed by atoms with Crippen molar-refractivity contribution in [1.29, 1.82) is 0 Å². The maximum absolute atomic E-state index is 12.0. The van der Waals surface area contributed by atoms with Gasteiger partial charge in [0, 0.05) is 42.2 Å². The van der Waals surface area contributed by atoms with Crippen molar-refractivity contribution in [3.63, 3.8) is 0 Å². The molecule has 4 aromatic rings. The molecule has 5 nitrogen and oxygen atoms in total. The van der Waals surface area contributed by atoms with E-state index >= 15 is 0 Å². The summed E-state index contributed by atoms with van der Waals surface area (Å²) in [4.78, 5) is 24.9. The van der Waals surface area contributed by atoms with Gasteiger partial charge in [-0.3, -0.25) is 14.7 Å². The van der Waals surface area contributed by atoms with Crippen molar-refractivity contribution in [3.8, 4) is 0 Å². The Kier molecular flexibility index (Phi) is 4.30. The molecular formula is C22H20N4OS. The molecule has 1 aliphatic heterocycles. The molecule has 2 N–H and O–H groups in total. The van der Waals surface area contributed by atoms with E-state index in [0.29, 0.717) is 10.8 Å². The zero-order valence-corrected chi connectivity index (χ0v) is 16.2. The van der Waals surface area contributed by atoms with Crippen LogP contribution in [0.25, 0.3) is 21.1 Å². The lowest BCUT2D eigenvalue weighted by Crippen LogP contribution is -2.20. The van der Waals surface area contributed by atoms with Crippen LogP contribution in [0.15, 0.2) is 54.9 Å². The zero-order valence-electron chi connectivity index (χ0n) is 15.3. The number of hydrogen-bond donors (Lipinski definition) is 1. The van der Waals surface area contributed by atoms with Crippen LogP contribution >= 0.6 is 11.3 Å². The molecule has 0 aliphatic carbocycles. The van der Waals surface area contributed by atoms with E-state index in [1.54, 1.807) is 6.20 Å².